The number of ether oxygens (including phenoxy) is 3. The molecule has 0 spiro atoms. The zero-order valence-electron chi connectivity index (χ0n) is 19.9. The minimum Gasteiger partial charge on any atom is -0.497 e. The quantitative estimate of drug-likeness (QED) is 0.217. The van der Waals surface area contributed by atoms with E-state index in [2.05, 4.69) is 31.3 Å². The van der Waals surface area contributed by atoms with Crippen molar-refractivity contribution in [2.75, 3.05) is 31.5 Å². The number of carbonyl (C=O) groups excluding carboxylic acids is 3. The Morgan fingerprint density at radius 3 is 2.22 bits per heavy atom. The Morgan fingerprint density at radius 2 is 1.59 bits per heavy atom. The van der Waals surface area contributed by atoms with Gasteiger partial charge in [-0.25, -0.2) is 4.79 Å². The molecule has 0 heterocycles. The molecule has 0 fully saturated rings. The number of benzene rings is 3. The molecule has 0 saturated heterocycles. The minimum absolute atomic E-state index is 0.192. The van der Waals surface area contributed by atoms with Crippen molar-refractivity contribution >= 4 is 51.2 Å². The fourth-order valence-corrected chi connectivity index (χ4v) is 3.47. The second kappa shape index (κ2) is 12.9. The highest BCUT2D eigenvalue weighted by atomic mass is 79.9. The van der Waals surface area contributed by atoms with Gasteiger partial charge in [0.05, 0.1) is 19.8 Å². The van der Waals surface area contributed by atoms with E-state index in [0.29, 0.717) is 38.5 Å². The number of methoxy groups -OCH3 is 2. The summed E-state index contributed by atoms with van der Waals surface area (Å²) in [6.45, 7) is -0.296. The number of rotatable bonds is 9. The topological polar surface area (TPSA) is 127 Å². The summed E-state index contributed by atoms with van der Waals surface area (Å²) in [4.78, 5) is 36.6. The van der Waals surface area contributed by atoms with Crippen molar-refractivity contribution in [2.45, 2.75) is 0 Å². The second-order valence-electron chi connectivity index (χ2n) is 7.44. The van der Waals surface area contributed by atoms with Gasteiger partial charge >= 0.3 is 5.97 Å². The molecule has 0 bridgehead atoms. The van der Waals surface area contributed by atoms with E-state index in [-0.39, 0.29) is 12.2 Å². The van der Waals surface area contributed by atoms with Crippen molar-refractivity contribution in [3.05, 3.63) is 87.9 Å². The molecule has 3 rings (SSSR count). The third-order valence-corrected chi connectivity index (χ3v) is 5.43. The lowest BCUT2D eigenvalue weighted by atomic mass is 10.1. The van der Waals surface area contributed by atoms with Crippen molar-refractivity contribution < 1.29 is 28.6 Å². The van der Waals surface area contributed by atoms with Gasteiger partial charge in [0.25, 0.3) is 11.8 Å². The Balaban J connectivity index is 1.71. The molecule has 0 radical (unpaired) electrons. The molecule has 37 heavy (non-hydrogen) atoms. The number of hydrogen-bond donors (Lipinski definition) is 2. The smallest absolute Gasteiger partial charge is 0.337 e. The largest absolute Gasteiger partial charge is 0.497 e. The highest BCUT2D eigenvalue weighted by Crippen LogP contribution is 2.26. The Hall–Kier alpha value is -4.62. The lowest BCUT2D eigenvalue weighted by molar-refractivity contribution is -0.118. The molecule has 3 aromatic rings. The summed E-state index contributed by atoms with van der Waals surface area (Å²) in [6, 6.07) is 19.7. The monoisotopic (exact) mass is 563 g/mol. The van der Waals surface area contributed by atoms with Gasteiger partial charge in [0.15, 0.2) is 6.61 Å². The van der Waals surface area contributed by atoms with Crippen LogP contribution in [0.5, 0.6) is 11.5 Å². The number of nitrogens with zero attached hydrogens (tertiary/aromatic N) is 1. The van der Waals surface area contributed by atoms with E-state index in [1.165, 1.54) is 37.5 Å². The van der Waals surface area contributed by atoms with Crippen LogP contribution in [-0.2, 0) is 14.3 Å². The highest BCUT2D eigenvalue weighted by molar-refractivity contribution is 9.10. The molecule has 9 nitrogen and oxygen atoms in total. The number of anilines is 2. The first-order valence-corrected chi connectivity index (χ1v) is 11.6. The maximum Gasteiger partial charge on any atom is 0.337 e. The predicted octanol–water partition coefficient (Wildman–Crippen LogP) is 4.81. The van der Waals surface area contributed by atoms with Gasteiger partial charge in [-0.2, -0.15) is 5.26 Å². The van der Waals surface area contributed by atoms with Gasteiger partial charge in [-0.15, -0.1) is 0 Å². The molecule has 0 unspecified atom stereocenters. The normalized spacial score (nSPS) is 10.6. The number of esters is 1. The summed E-state index contributed by atoms with van der Waals surface area (Å²) < 4.78 is 16.1. The van der Waals surface area contributed by atoms with Crippen LogP contribution in [0.1, 0.15) is 15.9 Å². The van der Waals surface area contributed by atoms with Gasteiger partial charge in [-0.3, -0.25) is 9.59 Å². The number of carbonyl (C=O) groups is 3. The molecule has 0 aliphatic heterocycles. The molecular weight excluding hydrogens is 542 g/mol. The summed E-state index contributed by atoms with van der Waals surface area (Å²) in [7, 11) is 2.83. The third-order valence-electron chi connectivity index (χ3n) is 4.93. The van der Waals surface area contributed by atoms with Crippen LogP contribution in [0.2, 0.25) is 0 Å². The van der Waals surface area contributed by atoms with Crippen LogP contribution in [0.4, 0.5) is 11.4 Å². The fourth-order valence-electron chi connectivity index (χ4n) is 3.09. The molecule has 0 aromatic heterocycles. The molecule has 0 aliphatic carbocycles. The summed E-state index contributed by atoms with van der Waals surface area (Å²) >= 11 is 3.36. The van der Waals surface area contributed by atoms with Gasteiger partial charge in [-0.05, 0) is 72.8 Å². The first-order valence-electron chi connectivity index (χ1n) is 10.8. The molecule has 0 aliphatic rings. The zero-order chi connectivity index (χ0) is 26.8. The zero-order valence-corrected chi connectivity index (χ0v) is 21.5. The fraction of sp³-hybridized carbons (Fsp3) is 0.111. The van der Waals surface area contributed by atoms with Crippen molar-refractivity contribution in [2.24, 2.45) is 0 Å². The minimum atomic E-state index is -0.656. The van der Waals surface area contributed by atoms with Crippen LogP contribution >= 0.6 is 15.9 Å². The Morgan fingerprint density at radius 1 is 0.946 bits per heavy atom. The SMILES string of the molecule is COC(=O)c1ccc(NC(=O)/C(C#N)=C\c2cc(Br)ccc2OCC(=O)Nc2ccc(OC)cc2)cc1. The third kappa shape index (κ3) is 7.68. The van der Waals surface area contributed by atoms with E-state index in [1.807, 2.05) is 6.07 Å². The van der Waals surface area contributed by atoms with Crippen LogP contribution in [0.15, 0.2) is 76.8 Å². The van der Waals surface area contributed by atoms with Gasteiger partial charge in [0.1, 0.15) is 23.1 Å². The van der Waals surface area contributed by atoms with E-state index in [9.17, 15) is 19.6 Å². The lowest BCUT2D eigenvalue weighted by Gasteiger charge is -2.11. The van der Waals surface area contributed by atoms with E-state index in [4.69, 9.17) is 9.47 Å². The van der Waals surface area contributed by atoms with Gasteiger partial charge in [0.2, 0.25) is 0 Å². The molecule has 2 amide bonds. The second-order valence-corrected chi connectivity index (χ2v) is 8.36. The standard InChI is InChI=1S/C27H22BrN3O6/c1-35-23-10-8-21(9-11-23)30-25(32)16-37-24-12-5-20(28)14-18(24)13-19(15-29)26(33)31-22-6-3-17(4-7-22)27(34)36-2/h3-14H,16H2,1-2H3,(H,30,32)(H,31,33)/b19-13-. The molecular formula is C27H22BrN3O6. The van der Waals surface area contributed by atoms with Crippen LogP contribution in [0, 0.1) is 11.3 Å². The Bertz CT molecular complexity index is 1360. The number of nitriles is 1. The van der Waals surface area contributed by atoms with Gasteiger partial charge in [0, 0.05) is 21.4 Å². The first-order chi connectivity index (χ1) is 17.8. The molecule has 3 aromatic carbocycles. The number of amides is 2. The summed E-state index contributed by atoms with van der Waals surface area (Å²) in [5, 5.41) is 14.9. The average Bonchev–Trinajstić information content (AvgIpc) is 2.91. The number of halogens is 1. The molecule has 0 saturated carbocycles. The summed E-state index contributed by atoms with van der Waals surface area (Å²) in [5.41, 5.74) is 1.51. The van der Waals surface area contributed by atoms with Crippen molar-refractivity contribution in [3.8, 4) is 17.6 Å². The average molecular weight is 564 g/mol. The first kappa shape index (κ1) is 27.0. The van der Waals surface area contributed by atoms with Crippen molar-refractivity contribution in [3.63, 3.8) is 0 Å². The lowest BCUT2D eigenvalue weighted by Crippen LogP contribution is -2.20. The molecule has 2 N–H and O–H groups in total. The van der Waals surface area contributed by atoms with E-state index >= 15 is 0 Å². The predicted molar refractivity (Wildman–Crippen MR) is 141 cm³/mol. The maximum atomic E-state index is 12.7. The van der Waals surface area contributed by atoms with Gasteiger partial charge in [-0.1, -0.05) is 15.9 Å². The highest BCUT2D eigenvalue weighted by Gasteiger charge is 2.14. The van der Waals surface area contributed by atoms with E-state index < -0.39 is 17.8 Å². The van der Waals surface area contributed by atoms with Crippen LogP contribution in [0.25, 0.3) is 6.08 Å². The number of nitrogens with one attached hydrogen (secondary N) is 2. The Kier molecular flexibility index (Phi) is 9.41. The van der Waals surface area contributed by atoms with Gasteiger partial charge < -0.3 is 24.8 Å². The van der Waals surface area contributed by atoms with Crippen molar-refractivity contribution in [1.82, 2.24) is 0 Å². The molecule has 188 valence electrons. The van der Waals surface area contributed by atoms with E-state index in [0.717, 1.165) is 0 Å². The summed E-state index contributed by atoms with van der Waals surface area (Å²) in [6.07, 6.45) is 1.36. The van der Waals surface area contributed by atoms with Crippen LogP contribution < -0.4 is 20.1 Å². The summed E-state index contributed by atoms with van der Waals surface area (Å²) in [5.74, 6) is -0.587. The maximum absolute atomic E-state index is 12.7. The molecule has 0 atom stereocenters. The Labute approximate surface area is 221 Å². The molecule has 10 heteroatoms. The van der Waals surface area contributed by atoms with Crippen molar-refractivity contribution in [1.29, 1.82) is 5.26 Å². The number of hydrogen-bond acceptors (Lipinski definition) is 7. The van der Waals surface area contributed by atoms with Crippen LogP contribution in [0.3, 0.4) is 0 Å². The van der Waals surface area contributed by atoms with Crippen LogP contribution in [-0.4, -0.2) is 38.6 Å². The van der Waals surface area contributed by atoms with E-state index in [1.54, 1.807) is 49.6 Å².